The quantitative estimate of drug-likeness (QED) is 0.290. The van der Waals surface area contributed by atoms with Crippen molar-refractivity contribution in [3.8, 4) is 11.1 Å². The van der Waals surface area contributed by atoms with Crippen molar-refractivity contribution in [3.05, 3.63) is 53.1 Å². The molecule has 1 unspecified atom stereocenters. The maximum absolute atomic E-state index is 13.2. The number of benzene rings is 2. The fourth-order valence-electron chi connectivity index (χ4n) is 4.27. The molecule has 2 aromatic rings. The van der Waals surface area contributed by atoms with Gasteiger partial charge in [-0.1, -0.05) is 31.2 Å². The van der Waals surface area contributed by atoms with E-state index in [2.05, 4.69) is 10.6 Å². The van der Waals surface area contributed by atoms with E-state index in [-0.39, 0.29) is 30.8 Å². The van der Waals surface area contributed by atoms with Crippen LogP contribution in [0.2, 0.25) is 0 Å². The number of unbranched alkanes of at least 4 members (excludes halogenated alkanes) is 1. The van der Waals surface area contributed by atoms with Crippen LogP contribution in [0.1, 0.15) is 66.4 Å². The lowest BCUT2D eigenvalue weighted by atomic mass is 9.93. The summed E-state index contributed by atoms with van der Waals surface area (Å²) in [6.45, 7) is 3.13. The third-order valence-electron chi connectivity index (χ3n) is 6.05. The molecule has 1 aliphatic rings. The molecule has 0 heterocycles. The van der Waals surface area contributed by atoms with Gasteiger partial charge in [0.05, 0.1) is 0 Å². The number of ether oxygens (including phenoxy) is 2. The van der Waals surface area contributed by atoms with Crippen molar-refractivity contribution in [2.45, 2.75) is 44.9 Å². The molecule has 0 spiro atoms. The molecule has 2 aromatic carbocycles. The van der Waals surface area contributed by atoms with Crippen molar-refractivity contribution >= 4 is 23.5 Å². The molecular formula is C27H34N2O6. The number of Topliss-reactive ketones (excluding diaryl/α,β-unsaturated/α-hetero) is 1. The topological polar surface area (TPSA) is 114 Å². The third kappa shape index (κ3) is 6.68. The summed E-state index contributed by atoms with van der Waals surface area (Å²) in [6.07, 6.45) is 2.32. The molecule has 0 aromatic heterocycles. The SMILES string of the molecule is CCC(=O)Nc1ccc2c(c1)C(COC(=O)NC)c1cccc(C(=O)CCCOCCCCO)c1-2. The van der Waals surface area contributed by atoms with Crippen LogP contribution in [0.5, 0.6) is 0 Å². The second-order valence-corrected chi connectivity index (χ2v) is 8.44. The number of anilines is 1. The monoisotopic (exact) mass is 482 g/mol. The predicted molar refractivity (Wildman–Crippen MR) is 134 cm³/mol. The lowest BCUT2D eigenvalue weighted by Crippen LogP contribution is -2.22. The number of amides is 2. The van der Waals surface area contributed by atoms with E-state index in [1.807, 2.05) is 36.4 Å². The number of carbonyl (C=O) groups excluding carboxylic acids is 3. The third-order valence-corrected chi connectivity index (χ3v) is 6.05. The van der Waals surface area contributed by atoms with E-state index in [0.29, 0.717) is 50.1 Å². The number of aliphatic hydroxyl groups excluding tert-OH is 1. The molecule has 0 saturated carbocycles. The first-order chi connectivity index (χ1) is 17.0. The molecule has 0 radical (unpaired) electrons. The van der Waals surface area contributed by atoms with Crippen LogP contribution >= 0.6 is 0 Å². The summed E-state index contributed by atoms with van der Waals surface area (Å²) in [5.41, 5.74) is 4.90. The van der Waals surface area contributed by atoms with E-state index in [0.717, 1.165) is 28.7 Å². The number of hydrogen-bond donors (Lipinski definition) is 3. The van der Waals surface area contributed by atoms with Crippen molar-refractivity contribution in [2.24, 2.45) is 0 Å². The summed E-state index contributed by atoms with van der Waals surface area (Å²) in [6, 6.07) is 11.3. The molecule has 0 saturated heterocycles. The highest BCUT2D eigenvalue weighted by atomic mass is 16.5. The van der Waals surface area contributed by atoms with Crippen LogP contribution < -0.4 is 10.6 Å². The molecule has 8 nitrogen and oxygen atoms in total. The summed E-state index contributed by atoms with van der Waals surface area (Å²) < 4.78 is 11.0. The first kappa shape index (κ1) is 26.4. The predicted octanol–water partition coefficient (Wildman–Crippen LogP) is 4.26. The minimum atomic E-state index is -0.526. The summed E-state index contributed by atoms with van der Waals surface area (Å²) in [5.74, 6) is -0.311. The summed E-state index contributed by atoms with van der Waals surface area (Å²) >= 11 is 0. The number of aliphatic hydroxyl groups is 1. The Labute approximate surface area is 206 Å². The minimum Gasteiger partial charge on any atom is -0.449 e. The van der Waals surface area contributed by atoms with Gasteiger partial charge in [0.1, 0.15) is 6.61 Å². The molecule has 1 aliphatic carbocycles. The van der Waals surface area contributed by atoms with Crippen molar-refractivity contribution in [2.75, 3.05) is 38.8 Å². The molecule has 3 rings (SSSR count). The molecule has 1 atom stereocenters. The maximum atomic E-state index is 13.2. The lowest BCUT2D eigenvalue weighted by molar-refractivity contribution is -0.115. The standard InChI is InChI=1S/C27H34N2O6/c1-3-25(32)29-18-11-12-20-22(16-18)23(17-35-27(33)28-2)19-8-6-9-21(26(19)20)24(31)10-7-15-34-14-5-4-13-30/h6,8-9,11-12,16,23,30H,3-5,7,10,13-15,17H2,1-2H3,(H,28,33)(H,29,32). The number of alkyl carbamates (subject to hydrolysis) is 1. The lowest BCUT2D eigenvalue weighted by Gasteiger charge is -2.15. The Morgan fingerprint density at radius 3 is 2.57 bits per heavy atom. The molecule has 188 valence electrons. The van der Waals surface area contributed by atoms with Gasteiger partial charge < -0.3 is 25.2 Å². The molecule has 0 bridgehead atoms. The van der Waals surface area contributed by atoms with Gasteiger partial charge in [-0.25, -0.2) is 4.79 Å². The highest BCUT2D eigenvalue weighted by molar-refractivity contribution is 6.05. The van der Waals surface area contributed by atoms with Crippen molar-refractivity contribution < 1.29 is 29.0 Å². The van der Waals surface area contributed by atoms with Crippen LogP contribution in [0.4, 0.5) is 10.5 Å². The largest absolute Gasteiger partial charge is 0.449 e. The Balaban J connectivity index is 1.83. The number of rotatable bonds is 13. The summed E-state index contributed by atoms with van der Waals surface area (Å²) in [5, 5.41) is 14.2. The fourth-order valence-corrected chi connectivity index (χ4v) is 4.27. The van der Waals surface area contributed by atoms with Crippen LogP contribution in [0, 0.1) is 0 Å². The van der Waals surface area contributed by atoms with Gasteiger partial charge in [0.15, 0.2) is 5.78 Å². The first-order valence-electron chi connectivity index (χ1n) is 12.1. The number of carbonyl (C=O) groups is 3. The Hall–Kier alpha value is -3.23. The van der Waals surface area contributed by atoms with Gasteiger partial charge in [-0.15, -0.1) is 0 Å². The van der Waals surface area contributed by atoms with Gasteiger partial charge in [0.25, 0.3) is 0 Å². The van der Waals surface area contributed by atoms with Crippen molar-refractivity contribution in [1.82, 2.24) is 5.32 Å². The van der Waals surface area contributed by atoms with E-state index in [1.165, 1.54) is 7.05 Å². The number of nitrogens with one attached hydrogen (secondary N) is 2. The molecule has 35 heavy (non-hydrogen) atoms. The highest BCUT2D eigenvalue weighted by Gasteiger charge is 2.33. The normalized spacial score (nSPS) is 13.6. The zero-order valence-corrected chi connectivity index (χ0v) is 20.4. The van der Waals surface area contributed by atoms with Crippen LogP contribution in [-0.4, -0.2) is 56.4 Å². The molecule has 8 heteroatoms. The molecule has 2 amide bonds. The zero-order chi connectivity index (χ0) is 25.2. The Bertz CT molecular complexity index is 1050. The Kier molecular flexibility index (Phi) is 9.81. The van der Waals surface area contributed by atoms with Crippen molar-refractivity contribution in [1.29, 1.82) is 0 Å². The van der Waals surface area contributed by atoms with E-state index < -0.39 is 6.09 Å². The van der Waals surface area contributed by atoms with E-state index in [4.69, 9.17) is 14.6 Å². The van der Waals surface area contributed by atoms with Crippen LogP contribution in [-0.2, 0) is 14.3 Å². The Morgan fingerprint density at radius 1 is 1.03 bits per heavy atom. The maximum Gasteiger partial charge on any atom is 0.406 e. The minimum absolute atomic E-state index is 0.0305. The number of fused-ring (bicyclic) bond motifs is 3. The smallest absolute Gasteiger partial charge is 0.406 e. The van der Waals surface area contributed by atoms with Gasteiger partial charge in [-0.05, 0) is 53.6 Å². The van der Waals surface area contributed by atoms with E-state index >= 15 is 0 Å². The van der Waals surface area contributed by atoms with Gasteiger partial charge in [-0.3, -0.25) is 9.59 Å². The van der Waals surface area contributed by atoms with Crippen LogP contribution in [0.15, 0.2) is 36.4 Å². The van der Waals surface area contributed by atoms with E-state index in [9.17, 15) is 14.4 Å². The first-order valence-corrected chi connectivity index (χ1v) is 12.1. The second kappa shape index (κ2) is 13.0. The van der Waals surface area contributed by atoms with Gasteiger partial charge in [0, 0.05) is 56.9 Å². The average molecular weight is 483 g/mol. The summed E-state index contributed by atoms with van der Waals surface area (Å²) in [4.78, 5) is 36.9. The van der Waals surface area contributed by atoms with Crippen LogP contribution in [0.25, 0.3) is 11.1 Å². The van der Waals surface area contributed by atoms with Crippen LogP contribution in [0.3, 0.4) is 0 Å². The molecule has 0 aliphatic heterocycles. The summed E-state index contributed by atoms with van der Waals surface area (Å²) in [7, 11) is 1.50. The van der Waals surface area contributed by atoms with Gasteiger partial charge in [-0.2, -0.15) is 0 Å². The molecule has 3 N–H and O–H groups in total. The molecule has 0 fully saturated rings. The number of ketones is 1. The highest BCUT2D eigenvalue weighted by Crippen LogP contribution is 2.47. The fraction of sp³-hybridized carbons (Fsp3) is 0.444. The number of hydrogen-bond acceptors (Lipinski definition) is 6. The average Bonchev–Trinajstić information content (AvgIpc) is 3.19. The van der Waals surface area contributed by atoms with Gasteiger partial charge in [0.2, 0.25) is 5.91 Å². The Morgan fingerprint density at radius 2 is 1.83 bits per heavy atom. The van der Waals surface area contributed by atoms with Gasteiger partial charge >= 0.3 is 6.09 Å². The van der Waals surface area contributed by atoms with E-state index in [1.54, 1.807) is 6.92 Å². The zero-order valence-electron chi connectivity index (χ0n) is 20.4. The molecular weight excluding hydrogens is 448 g/mol. The second-order valence-electron chi connectivity index (χ2n) is 8.44. The van der Waals surface area contributed by atoms with Crippen molar-refractivity contribution in [3.63, 3.8) is 0 Å².